The standard InChI is InChI=1S/C7H18N2.C6H16N2/c1-3-9(4-2)7-5-6-8;1-6(5-8)3-2-4-7/h3-8H2,1-2H3;6H,2-5,7-8H2,1H3. The van der Waals surface area contributed by atoms with Crippen molar-refractivity contribution in [3.8, 4) is 0 Å². The fourth-order valence-corrected chi connectivity index (χ4v) is 1.44. The van der Waals surface area contributed by atoms with Crippen LogP contribution in [-0.2, 0) is 0 Å². The fraction of sp³-hybridized carbons (Fsp3) is 1.00. The van der Waals surface area contributed by atoms with Crippen LogP contribution in [0, 0.1) is 5.92 Å². The first-order valence-electron chi connectivity index (χ1n) is 6.98. The Bertz CT molecular complexity index is 127. The van der Waals surface area contributed by atoms with Crippen molar-refractivity contribution in [2.75, 3.05) is 39.3 Å². The summed E-state index contributed by atoms with van der Waals surface area (Å²) in [4.78, 5) is 2.38. The summed E-state index contributed by atoms with van der Waals surface area (Å²) in [6.45, 7) is 12.4. The molecule has 6 N–H and O–H groups in total. The highest BCUT2D eigenvalue weighted by molar-refractivity contribution is 4.52. The average Bonchev–Trinajstić information content (AvgIpc) is 2.38. The molecule has 0 aliphatic heterocycles. The van der Waals surface area contributed by atoms with Crippen LogP contribution in [0.3, 0.4) is 0 Å². The molecule has 1 atom stereocenters. The lowest BCUT2D eigenvalue weighted by atomic mass is 10.1. The van der Waals surface area contributed by atoms with Crippen molar-refractivity contribution in [2.45, 2.75) is 40.0 Å². The quantitative estimate of drug-likeness (QED) is 0.567. The number of nitrogens with two attached hydrogens (primary N) is 3. The molecule has 0 aromatic carbocycles. The van der Waals surface area contributed by atoms with Gasteiger partial charge in [0.2, 0.25) is 0 Å². The lowest BCUT2D eigenvalue weighted by Crippen LogP contribution is -2.25. The molecular weight excluding hydrogens is 212 g/mol. The summed E-state index contributed by atoms with van der Waals surface area (Å²) in [5.41, 5.74) is 16.0. The molecule has 0 heterocycles. The molecule has 0 aliphatic rings. The van der Waals surface area contributed by atoms with Gasteiger partial charge in [-0.15, -0.1) is 0 Å². The highest BCUT2D eigenvalue weighted by Gasteiger charge is 1.95. The topological polar surface area (TPSA) is 81.3 Å². The SMILES string of the molecule is CC(CN)CCCN.CCN(CC)CCCN. The van der Waals surface area contributed by atoms with Gasteiger partial charge in [0.15, 0.2) is 0 Å². The minimum absolute atomic E-state index is 0.651. The highest BCUT2D eigenvalue weighted by atomic mass is 15.1. The molecule has 0 radical (unpaired) electrons. The molecule has 17 heavy (non-hydrogen) atoms. The second kappa shape index (κ2) is 15.8. The summed E-state index contributed by atoms with van der Waals surface area (Å²) in [7, 11) is 0. The van der Waals surface area contributed by atoms with E-state index in [0.29, 0.717) is 5.92 Å². The van der Waals surface area contributed by atoms with Gasteiger partial charge < -0.3 is 22.1 Å². The second-order valence-corrected chi connectivity index (χ2v) is 4.44. The molecule has 0 aromatic rings. The molecule has 0 saturated heterocycles. The minimum Gasteiger partial charge on any atom is -0.330 e. The van der Waals surface area contributed by atoms with Crippen molar-refractivity contribution in [1.82, 2.24) is 4.90 Å². The predicted octanol–water partition coefficient (Wildman–Crippen LogP) is 0.997. The van der Waals surface area contributed by atoms with Crippen molar-refractivity contribution in [3.63, 3.8) is 0 Å². The van der Waals surface area contributed by atoms with Crippen LogP contribution in [0.5, 0.6) is 0 Å². The Morgan fingerprint density at radius 3 is 1.82 bits per heavy atom. The molecule has 0 aliphatic carbocycles. The number of hydrogen-bond acceptors (Lipinski definition) is 4. The Morgan fingerprint density at radius 2 is 1.47 bits per heavy atom. The van der Waals surface area contributed by atoms with Crippen LogP contribution in [0.25, 0.3) is 0 Å². The summed E-state index contributed by atoms with van der Waals surface area (Å²) in [5, 5.41) is 0. The third-order valence-corrected chi connectivity index (χ3v) is 2.88. The number of hydrogen-bond donors (Lipinski definition) is 3. The first kappa shape index (κ1) is 19.2. The van der Waals surface area contributed by atoms with Crippen LogP contribution < -0.4 is 17.2 Å². The van der Waals surface area contributed by atoms with E-state index in [9.17, 15) is 0 Å². The van der Waals surface area contributed by atoms with E-state index in [0.717, 1.165) is 52.1 Å². The van der Waals surface area contributed by atoms with E-state index in [2.05, 4.69) is 25.7 Å². The monoisotopic (exact) mass is 246 g/mol. The van der Waals surface area contributed by atoms with Gasteiger partial charge in [-0.2, -0.15) is 0 Å². The smallest absolute Gasteiger partial charge is 0.000695 e. The van der Waals surface area contributed by atoms with Gasteiger partial charge in [-0.3, -0.25) is 0 Å². The van der Waals surface area contributed by atoms with Crippen molar-refractivity contribution >= 4 is 0 Å². The lowest BCUT2D eigenvalue weighted by molar-refractivity contribution is 0.302. The molecule has 0 amide bonds. The zero-order chi connectivity index (χ0) is 13.5. The van der Waals surface area contributed by atoms with Gasteiger partial charge in [0.05, 0.1) is 0 Å². The Kier molecular flexibility index (Phi) is 17.9. The predicted molar refractivity (Wildman–Crippen MR) is 78.0 cm³/mol. The number of rotatable bonds is 9. The van der Waals surface area contributed by atoms with E-state index in [1.807, 2.05) is 0 Å². The second-order valence-electron chi connectivity index (χ2n) is 4.44. The van der Waals surface area contributed by atoms with E-state index in [-0.39, 0.29) is 0 Å². The van der Waals surface area contributed by atoms with Crippen molar-refractivity contribution in [1.29, 1.82) is 0 Å². The lowest BCUT2D eigenvalue weighted by Gasteiger charge is -2.16. The zero-order valence-electron chi connectivity index (χ0n) is 12.1. The maximum Gasteiger partial charge on any atom is -0.000695 e. The molecular formula is C13H34N4. The Hall–Kier alpha value is -0.160. The third-order valence-electron chi connectivity index (χ3n) is 2.88. The number of nitrogens with zero attached hydrogens (tertiary/aromatic N) is 1. The van der Waals surface area contributed by atoms with Crippen LogP contribution in [0.4, 0.5) is 0 Å². The Balaban J connectivity index is 0. The fourth-order valence-electron chi connectivity index (χ4n) is 1.44. The highest BCUT2D eigenvalue weighted by Crippen LogP contribution is 2.00. The van der Waals surface area contributed by atoms with Gasteiger partial charge in [0.25, 0.3) is 0 Å². The summed E-state index contributed by atoms with van der Waals surface area (Å²) in [6.07, 6.45) is 3.41. The molecule has 0 fully saturated rings. The van der Waals surface area contributed by atoms with Crippen LogP contribution in [0.15, 0.2) is 0 Å². The molecule has 0 spiro atoms. The average molecular weight is 246 g/mol. The molecule has 106 valence electrons. The van der Waals surface area contributed by atoms with Gasteiger partial charge in [0.1, 0.15) is 0 Å². The minimum atomic E-state index is 0.651. The van der Waals surface area contributed by atoms with E-state index in [1.165, 1.54) is 6.42 Å². The molecule has 4 heteroatoms. The third kappa shape index (κ3) is 15.8. The molecule has 0 bridgehead atoms. The van der Waals surface area contributed by atoms with Gasteiger partial charge in [0, 0.05) is 0 Å². The van der Waals surface area contributed by atoms with Gasteiger partial charge in [-0.1, -0.05) is 20.8 Å². The summed E-state index contributed by atoms with van der Waals surface area (Å²) in [6, 6.07) is 0. The molecule has 1 unspecified atom stereocenters. The Labute approximate surface area is 108 Å². The summed E-state index contributed by atoms with van der Waals surface area (Å²) < 4.78 is 0. The summed E-state index contributed by atoms with van der Waals surface area (Å²) >= 11 is 0. The van der Waals surface area contributed by atoms with E-state index in [1.54, 1.807) is 0 Å². The van der Waals surface area contributed by atoms with Crippen molar-refractivity contribution < 1.29 is 0 Å². The van der Waals surface area contributed by atoms with Gasteiger partial charge >= 0.3 is 0 Å². The maximum absolute atomic E-state index is 5.37. The molecule has 0 rings (SSSR count). The van der Waals surface area contributed by atoms with E-state index < -0.39 is 0 Å². The zero-order valence-corrected chi connectivity index (χ0v) is 12.1. The van der Waals surface area contributed by atoms with Crippen molar-refractivity contribution in [3.05, 3.63) is 0 Å². The van der Waals surface area contributed by atoms with Gasteiger partial charge in [-0.25, -0.2) is 0 Å². The van der Waals surface area contributed by atoms with Crippen molar-refractivity contribution in [2.24, 2.45) is 23.1 Å². The molecule has 0 saturated carbocycles. The summed E-state index contributed by atoms with van der Waals surface area (Å²) in [5.74, 6) is 0.651. The van der Waals surface area contributed by atoms with E-state index in [4.69, 9.17) is 17.2 Å². The maximum atomic E-state index is 5.37. The largest absolute Gasteiger partial charge is 0.330 e. The first-order chi connectivity index (χ1) is 8.15. The van der Waals surface area contributed by atoms with Crippen LogP contribution in [-0.4, -0.2) is 44.2 Å². The van der Waals surface area contributed by atoms with Crippen LogP contribution in [0.2, 0.25) is 0 Å². The van der Waals surface area contributed by atoms with Crippen LogP contribution >= 0.6 is 0 Å². The van der Waals surface area contributed by atoms with Crippen LogP contribution in [0.1, 0.15) is 40.0 Å². The normalized spacial score (nSPS) is 12.2. The Morgan fingerprint density at radius 1 is 0.941 bits per heavy atom. The molecule has 0 aromatic heterocycles. The molecule has 4 nitrogen and oxygen atoms in total. The first-order valence-corrected chi connectivity index (χ1v) is 6.98. The van der Waals surface area contributed by atoms with Gasteiger partial charge in [-0.05, 0) is 64.4 Å². The van der Waals surface area contributed by atoms with E-state index >= 15 is 0 Å².